The van der Waals surface area contributed by atoms with Crippen molar-refractivity contribution in [2.24, 2.45) is 5.92 Å². The highest BCUT2D eigenvalue weighted by Crippen LogP contribution is 2.01. The standard InChI is InChI=1S/C14H18N2O3/c1-11(2)10-19-14(17)12(8-15)9-16-6-5-13-4-3-7-18-13/h3-4,7,9,11,16H,5-6,10H2,1-2H3. The molecular weight excluding hydrogens is 244 g/mol. The van der Waals surface area contributed by atoms with Gasteiger partial charge in [0.05, 0.1) is 12.9 Å². The van der Waals surface area contributed by atoms with E-state index in [9.17, 15) is 4.79 Å². The minimum absolute atomic E-state index is 0.0277. The molecule has 0 saturated heterocycles. The highest BCUT2D eigenvalue weighted by atomic mass is 16.5. The molecule has 0 fully saturated rings. The van der Waals surface area contributed by atoms with Gasteiger partial charge in [-0.3, -0.25) is 0 Å². The molecule has 0 bridgehead atoms. The van der Waals surface area contributed by atoms with E-state index in [0.717, 1.165) is 5.76 Å². The van der Waals surface area contributed by atoms with Gasteiger partial charge < -0.3 is 14.5 Å². The zero-order valence-electron chi connectivity index (χ0n) is 11.2. The summed E-state index contributed by atoms with van der Waals surface area (Å²) in [5.41, 5.74) is -0.0277. The van der Waals surface area contributed by atoms with Crippen LogP contribution in [0.5, 0.6) is 0 Å². The van der Waals surface area contributed by atoms with E-state index in [4.69, 9.17) is 14.4 Å². The Bertz CT molecular complexity index is 456. The molecule has 0 aliphatic rings. The fourth-order valence-electron chi connectivity index (χ4n) is 1.28. The summed E-state index contributed by atoms with van der Waals surface area (Å²) in [6, 6.07) is 5.50. The number of ether oxygens (including phenoxy) is 1. The molecule has 0 atom stereocenters. The number of hydrogen-bond donors (Lipinski definition) is 1. The van der Waals surface area contributed by atoms with Gasteiger partial charge in [0.15, 0.2) is 5.57 Å². The summed E-state index contributed by atoms with van der Waals surface area (Å²) in [5, 5.41) is 11.8. The number of hydrogen-bond acceptors (Lipinski definition) is 5. The lowest BCUT2D eigenvalue weighted by molar-refractivity contribution is -0.139. The first-order chi connectivity index (χ1) is 9.13. The van der Waals surface area contributed by atoms with E-state index in [1.165, 1.54) is 6.20 Å². The van der Waals surface area contributed by atoms with Crippen LogP contribution in [0.4, 0.5) is 0 Å². The Balaban J connectivity index is 2.35. The molecule has 0 saturated carbocycles. The highest BCUT2D eigenvalue weighted by Gasteiger charge is 2.10. The van der Waals surface area contributed by atoms with Crippen molar-refractivity contribution in [3.63, 3.8) is 0 Å². The van der Waals surface area contributed by atoms with Crippen molar-refractivity contribution >= 4 is 5.97 Å². The third-order valence-electron chi connectivity index (χ3n) is 2.23. The Morgan fingerprint density at radius 3 is 3.00 bits per heavy atom. The maximum absolute atomic E-state index is 11.5. The Hall–Kier alpha value is -2.22. The van der Waals surface area contributed by atoms with E-state index in [1.807, 2.05) is 32.0 Å². The summed E-state index contributed by atoms with van der Waals surface area (Å²) in [7, 11) is 0. The summed E-state index contributed by atoms with van der Waals surface area (Å²) < 4.78 is 10.1. The number of carbonyl (C=O) groups excluding carboxylic acids is 1. The zero-order chi connectivity index (χ0) is 14.1. The third-order valence-corrected chi connectivity index (χ3v) is 2.23. The number of nitrogens with zero attached hydrogens (tertiary/aromatic N) is 1. The predicted molar refractivity (Wildman–Crippen MR) is 69.9 cm³/mol. The molecule has 0 aliphatic carbocycles. The van der Waals surface area contributed by atoms with Crippen LogP contribution in [0, 0.1) is 17.2 Å². The number of furan rings is 1. The van der Waals surface area contributed by atoms with Gasteiger partial charge in [0.25, 0.3) is 0 Å². The lowest BCUT2D eigenvalue weighted by Crippen LogP contribution is -2.16. The number of nitriles is 1. The average Bonchev–Trinajstić information content (AvgIpc) is 2.89. The molecule has 1 N–H and O–H groups in total. The van der Waals surface area contributed by atoms with Gasteiger partial charge in [-0.15, -0.1) is 0 Å². The van der Waals surface area contributed by atoms with Crippen LogP contribution >= 0.6 is 0 Å². The normalized spacial score (nSPS) is 11.2. The predicted octanol–water partition coefficient (Wildman–Crippen LogP) is 2.02. The second-order valence-electron chi connectivity index (χ2n) is 4.45. The Labute approximate surface area is 112 Å². The molecule has 102 valence electrons. The van der Waals surface area contributed by atoms with Gasteiger partial charge in [0, 0.05) is 19.2 Å². The molecule has 5 heteroatoms. The van der Waals surface area contributed by atoms with Crippen LogP contribution in [0.2, 0.25) is 0 Å². The van der Waals surface area contributed by atoms with Crippen LogP contribution in [-0.2, 0) is 16.0 Å². The number of rotatable bonds is 7. The van der Waals surface area contributed by atoms with E-state index >= 15 is 0 Å². The summed E-state index contributed by atoms with van der Waals surface area (Å²) in [4.78, 5) is 11.5. The molecule has 5 nitrogen and oxygen atoms in total. The van der Waals surface area contributed by atoms with Crippen LogP contribution in [0.25, 0.3) is 0 Å². The highest BCUT2D eigenvalue weighted by molar-refractivity contribution is 5.92. The van der Waals surface area contributed by atoms with Crippen LogP contribution in [0.1, 0.15) is 19.6 Å². The van der Waals surface area contributed by atoms with Crippen molar-refractivity contribution in [3.05, 3.63) is 35.9 Å². The van der Waals surface area contributed by atoms with E-state index in [0.29, 0.717) is 19.6 Å². The van der Waals surface area contributed by atoms with E-state index in [1.54, 1.807) is 6.26 Å². The molecule has 1 heterocycles. The van der Waals surface area contributed by atoms with Gasteiger partial charge in [-0.1, -0.05) is 13.8 Å². The van der Waals surface area contributed by atoms with Gasteiger partial charge in [0.1, 0.15) is 11.8 Å². The number of nitrogens with one attached hydrogen (secondary N) is 1. The minimum atomic E-state index is -0.596. The topological polar surface area (TPSA) is 75.3 Å². The summed E-state index contributed by atoms with van der Waals surface area (Å²) in [6.07, 6.45) is 3.67. The first-order valence-electron chi connectivity index (χ1n) is 6.16. The third kappa shape index (κ3) is 5.77. The van der Waals surface area contributed by atoms with Gasteiger partial charge >= 0.3 is 5.97 Å². The van der Waals surface area contributed by atoms with Crippen LogP contribution < -0.4 is 5.32 Å². The summed E-state index contributed by atoms with van der Waals surface area (Å²) in [5.74, 6) is 0.499. The SMILES string of the molecule is CC(C)COC(=O)C(C#N)=CNCCc1ccco1. The molecule has 1 aromatic rings. The van der Waals surface area contributed by atoms with Crippen LogP contribution in [-0.4, -0.2) is 19.1 Å². The Morgan fingerprint density at radius 1 is 1.63 bits per heavy atom. The first-order valence-corrected chi connectivity index (χ1v) is 6.16. The molecule has 0 radical (unpaired) electrons. The van der Waals surface area contributed by atoms with Crippen molar-refractivity contribution in [2.45, 2.75) is 20.3 Å². The molecule has 0 spiro atoms. The van der Waals surface area contributed by atoms with Crippen molar-refractivity contribution in [1.29, 1.82) is 5.26 Å². The fourth-order valence-corrected chi connectivity index (χ4v) is 1.28. The van der Waals surface area contributed by atoms with Crippen molar-refractivity contribution in [1.82, 2.24) is 5.32 Å². The lowest BCUT2D eigenvalue weighted by atomic mass is 10.2. The average molecular weight is 262 g/mol. The minimum Gasteiger partial charge on any atom is -0.469 e. The smallest absolute Gasteiger partial charge is 0.350 e. The van der Waals surface area contributed by atoms with E-state index < -0.39 is 5.97 Å². The molecular formula is C14H18N2O3. The maximum Gasteiger partial charge on any atom is 0.350 e. The second kappa shape index (κ2) is 7.98. The molecule has 1 aromatic heterocycles. The van der Waals surface area contributed by atoms with Crippen molar-refractivity contribution < 1.29 is 13.9 Å². The van der Waals surface area contributed by atoms with E-state index in [2.05, 4.69) is 5.32 Å². The Kier molecular flexibility index (Phi) is 6.23. The molecule has 19 heavy (non-hydrogen) atoms. The van der Waals surface area contributed by atoms with Crippen LogP contribution in [0.15, 0.2) is 34.6 Å². The lowest BCUT2D eigenvalue weighted by Gasteiger charge is -2.06. The second-order valence-corrected chi connectivity index (χ2v) is 4.45. The molecule has 0 aromatic carbocycles. The Morgan fingerprint density at radius 2 is 2.42 bits per heavy atom. The first kappa shape index (κ1) is 14.8. The molecule has 0 unspecified atom stereocenters. The summed E-state index contributed by atoms with van der Waals surface area (Å²) >= 11 is 0. The monoisotopic (exact) mass is 262 g/mol. The number of carbonyl (C=O) groups is 1. The van der Waals surface area contributed by atoms with E-state index in [-0.39, 0.29) is 11.5 Å². The van der Waals surface area contributed by atoms with Crippen molar-refractivity contribution in [3.8, 4) is 6.07 Å². The van der Waals surface area contributed by atoms with Gasteiger partial charge in [-0.25, -0.2) is 4.79 Å². The molecule has 0 amide bonds. The number of esters is 1. The molecule has 1 rings (SSSR count). The fraction of sp³-hybridized carbons (Fsp3) is 0.429. The zero-order valence-corrected chi connectivity index (χ0v) is 11.2. The van der Waals surface area contributed by atoms with Gasteiger partial charge in [-0.05, 0) is 18.1 Å². The van der Waals surface area contributed by atoms with Crippen molar-refractivity contribution in [2.75, 3.05) is 13.2 Å². The maximum atomic E-state index is 11.5. The van der Waals surface area contributed by atoms with Crippen LogP contribution in [0.3, 0.4) is 0 Å². The molecule has 0 aliphatic heterocycles. The van der Waals surface area contributed by atoms with Gasteiger partial charge in [-0.2, -0.15) is 5.26 Å². The van der Waals surface area contributed by atoms with Gasteiger partial charge in [0.2, 0.25) is 0 Å². The summed E-state index contributed by atoms with van der Waals surface area (Å²) in [6.45, 7) is 4.76. The largest absolute Gasteiger partial charge is 0.469 e. The quantitative estimate of drug-likeness (QED) is 0.352.